The van der Waals surface area contributed by atoms with Gasteiger partial charge in [-0.1, -0.05) is 12.1 Å². The number of halogens is 1. The Morgan fingerprint density at radius 3 is 2.15 bits per heavy atom. The second kappa shape index (κ2) is 6.10. The maximum absolute atomic E-state index is 12.7. The van der Waals surface area contributed by atoms with Crippen molar-refractivity contribution in [2.75, 3.05) is 5.32 Å². The summed E-state index contributed by atoms with van der Waals surface area (Å²) in [6.45, 7) is 1.49. The Hall–Kier alpha value is -2.49. The molecule has 0 unspecified atom stereocenters. The van der Waals surface area contributed by atoms with Crippen LogP contribution in [0.2, 0.25) is 0 Å². The Morgan fingerprint density at radius 2 is 1.60 bits per heavy atom. The van der Waals surface area contributed by atoms with Crippen molar-refractivity contribution in [1.82, 2.24) is 0 Å². The molecule has 0 aromatic heterocycles. The van der Waals surface area contributed by atoms with E-state index in [-0.39, 0.29) is 23.9 Å². The summed E-state index contributed by atoms with van der Waals surface area (Å²) in [4.78, 5) is 22.9. The van der Waals surface area contributed by atoms with Crippen LogP contribution in [0.4, 0.5) is 10.1 Å². The van der Waals surface area contributed by atoms with Crippen molar-refractivity contribution in [3.05, 3.63) is 65.5 Å². The molecule has 20 heavy (non-hydrogen) atoms. The van der Waals surface area contributed by atoms with Crippen LogP contribution in [0.1, 0.15) is 22.8 Å². The molecule has 2 aromatic carbocycles. The first kappa shape index (κ1) is 13.9. The topological polar surface area (TPSA) is 46.2 Å². The molecule has 2 rings (SSSR count). The summed E-state index contributed by atoms with van der Waals surface area (Å²) < 4.78 is 12.7. The summed E-state index contributed by atoms with van der Waals surface area (Å²) in [6.07, 6.45) is 0.175. The highest BCUT2D eigenvalue weighted by Crippen LogP contribution is 2.11. The van der Waals surface area contributed by atoms with Gasteiger partial charge in [-0.3, -0.25) is 9.59 Å². The average molecular weight is 271 g/mol. The lowest BCUT2D eigenvalue weighted by Crippen LogP contribution is -2.14. The number of nitrogens with one attached hydrogen (secondary N) is 1. The fraction of sp³-hybridized carbons (Fsp3) is 0.125. The minimum Gasteiger partial charge on any atom is -0.326 e. The second-order valence-electron chi connectivity index (χ2n) is 4.48. The fourth-order valence-electron chi connectivity index (χ4n) is 1.78. The van der Waals surface area contributed by atoms with Gasteiger partial charge >= 0.3 is 0 Å². The number of ketones is 1. The van der Waals surface area contributed by atoms with Gasteiger partial charge in [0.15, 0.2) is 5.78 Å². The number of hydrogen-bond acceptors (Lipinski definition) is 2. The van der Waals surface area contributed by atoms with E-state index in [0.29, 0.717) is 11.3 Å². The van der Waals surface area contributed by atoms with Gasteiger partial charge in [0.1, 0.15) is 5.82 Å². The third-order valence-electron chi connectivity index (χ3n) is 2.85. The molecule has 2 aromatic rings. The van der Waals surface area contributed by atoms with Crippen molar-refractivity contribution in [1.29, 1.82) is 0 Å². The summed E-state index contributed by atoms with van der Waals surface area (Å²) in [6, 6.07) is 12.5. The molecule has 1 N–H and O–H groups in total. The minimum absolute atomic E-state index is 0.0193. The smallest absolute Gasteiger partial charge is 0.228 e. The molecule has 3 nitrogen and oxygen atoms in total. The number of hydrogen-bond donors (Lipinski definition) is 1. The molecule has 0 fully saturated rings. The highest BCUT2D eigenvalue weighted by molar-refractivity contribution is 5.96. The molecule has 4 heteroatoms. The number of amides is 1. The Kier molecular flexibility index (Phi) is 4.25. The largest absolute Gasteiger partial charge is 0.326 e. The van der Waals surface area contributed by atoms with Crippen molar-refractivity contribution in [2.45, 2.75) is 13.3 Å². The summed E-state index contributed by atoms with van der Waals surface area (Å²) in [7, 11) is 0. The Morgan fingerprint density at radius 1 is 1.00 bits per heavy atom. The van der Waals surface area contributed by atoms with E-state index in [1.165, 1.54) is 19.1 Å². The molecular weight excluding hydrogens is 257 g/mol. The molecule has 0 heterocycles. The van der Waals surface area contributed by atoms with Crippen LogP contribution in [0.15, 0.2) is 48.5 Å². The van der Waals surface area contributed by atoms with E-state index in [2.05, 4.69) is 5.32 Å². The van der Waals surface area contributed by atoms with Crippen LogP contribution in [0.25, 0.3) is 0 Å². The van der Waals surface area contributed by atoms with Gasteiger partial charge in [-0.15, -0.1) is 0 Å². The monoisotopic (exact) mass is 271 g/mol. The van der Waals surface area contributed by atoms with Gasteiger partial charge in [0.05, 0.1) is 6.42 Å². The normalized spacial score (nSPS) is 10.1. The number of carbonyl (C=O) groups excluding carboxylic acids is 2. The fourth-order valence-corrected chi connectivity index (χ4v) is 1.78. The van der Waals surface area contributed by atoms with Crippen LogP contribution >= 0.6 is 0 Å². The van der Waals surface area contributed by atoms with E-state index in [0.717, 1.165) is 5.56 Å². The number of Topliss-reactive ketones (excluding diaryl/α,β-unsaturated/α-hetero) is 1. The quantitative estimate of drug-likeness (QED) is 0.868. The van der Waals surface area contributed by atoms with Gasteiger partial charge in [-0.2, -0.15) is 0 Å². The first-order valence-electron chi connectivity index (χ1n) is 6.20. The van der Waals surface area contributed by atoms with Gasteiger partial charge in [-0.05, 0) is 48.9 Å². The Labute approximate surface area is 116 Å². The first-order chi connectivity index (χ1) is 9.54. The van der Waals surface area contributed by atoms with Gasteiger partial charge in [0.2, 0.25) is 5.91 Å². The standard InChI is InChI=1S/C16H14FNO2/c1-11(19)13-4-8-15(9-5-13)18-16(20)10-12-2-6-14(17)7-3-12/h2-9H,10H2,1H3,(H,18,20). The average Bonchev–Trinajstić information content (AvgIpc) is 2.42. The van der Waals surface area contributed by atoms with Crippen molar-refractivity contribution in [2.24, 2.45) is 0 Å². The SMILES string of the molecule is CC(=O)c1ccc(NC(=O)Cc2ccc(F)cc2)cc1. The predicted molar refractivity (Wildman–Crippen MR) is 75.2 cm³/mol. The van der Waals surface area contributed by atoms with E-state index >= 15 is 0 Å². The lowest BCUT2D eigenvalue weighted by Gasteiger charge is -2.06. The molecule has 0 saturated heterocycles. The van der Waals surface area contributed by atoms with Crippen LogP contribution < -0.4 is 5.32 Å². The molecule has 0 spiro atoms. The molecule has 1 amide bonds. The third kappa shape index (κ3) is 3.75. The molecule has 0 aliphatic rings. The van der Waals surface area contributed by atoms with Gasteiger partial charge < -0.3 is 5.32 Å². The number of anilines is 1. The molecule has 0 aliphatic carbocycles. The zero-order chi connectivity index (χ0) is 14.5. The van der Waals surface area contributed by atoms with Crippen molar-refractivity contribution in [3.63, 3.8) is 0 Å². The summed E-state index contributed by atoms with van der Waals surface area (Å²) in [5.41, 5.74) is 1.97. The highest BCUT2D eigenvalue weighted by atomic mass is 19.1. The molecule has 0 radical (unpaired) electrons. The first-order valence-corrected chi connectivity index (χ1v) is 6.20. The van der Waals surface area contributed by atoms with Crippen LogP contribution in [-0.2, 0) is 11.2 Å². The number of carbonyl (C=O) groups is 2. The molecule has 0 aliphatic heterocycles. The predicted octanol–water partition coefficient (Wildman–Crippen LogP) is 3.21. The van der Waals surface area contributed by atoms with Crippen LogP contribution in [0.3, 0.4) is 0 Å². The number of benzene rings is 2. The van der Waals surface area contributed by atoms with E-state index in [1.807, 2.05) is 0 Å². The molecule has 102 valence electrons. The van der Waals surface area contributed by atoms with Crippen molar-refractivity contribution < 1.29 is 14.0 Å². The third-order valence-corrected chi connectivity index (χ3v) is 2.85. The molecule has 0 atom stereocenters. The van der Waals surface area contributed by atoms with Crippen LogP contribution in [0.5, 0.6) is 0 Å². The summed E-state index contributed by atoms with van der Waals surface area (Å²) >= 11 is 0. The number of rotatable bonds is 4. The van der Waals surface area contributed by atoms with E-state index in [9.17, 15) is 14.0 Å². The maximum atomic E-state index is 12.7. The Bertz CT molecular complexity index is 618. The Balaban J connectivity index is 1.97. The molecule has 0 saturated carbocycles. The van der Waals surface area contributed by atoms with Crippen LogP contribution in [-0.4, -0.2) is 11.7 Å². The van der Waals surface area contributed by atoms with E-state index < -0.39 is 0 Å². The zero-order valence-corrected chi connectivity index (χ0v) is 11.0. The molecular formula is C16H14FNO2. The van der Waals surface area contributed by atoms with E-state index in [1.54, 1.807) is 36.4 Å². The zero-order valence-electron chi connectivity index (χ0n) is 11.0. The lowest BCUT2D eigenvalue weighted by atomic mass is 10.1. The minimum atomic E-state index is -0.325. The summed E-state index contributed by atoms with van der Waals surface area (Å²) in [5, 5.41) is 2.73. The maximum Gasteiger partial charge on any atom is 0.228 e. The second-order valence-corrected chi connectivity index (χ2v) is 4.48. The van der Waals surface area contributed by atoms with Crippen LogP contribution in [0, 0.1) is 5.82 Å². The van der Waals surface area contributed by atoms with Crippen molar-refractivity contribution in [3.8, 4) is 0 Å². The highest BCUT2D eigenvalue weighted by Gasteiger charge is 2.05. The van der Waals surface area contributed by atoms with E-state index in [4.69, 9.17) is 0 Å². The van der Waals surface area contributed by atoms with Gasteiger partial charge in [0, 0.05) is 11.3 Å². The molecule has 0 bridgehead atoms. The van der Waals surface area contributed by atoms with Gasteiger partial charge in [-0.25, -0.2) is 4.39 Å². The lowest BCUT2D eigenvalue weighted by molar-refractivity contribution is -0.115. The summed E-state index contributed by atoms with van der Waals surface area (Å²) in [5.74, 6) is -0.532. The van der Waals surface area contributed by atoms with Crippen molar-refractivity contribution >= 4 is 17.4 Å². The van der Waals surface area contributed by atoms with Gasteiger partial charge in [0.25, 0.3) is 0 Å².